The Morgan fingerprint density at radius 2 is 2.00 bits per heavy atom. The van der Waals surface area contributed by atoms with E-state index < -0.39 is 24.4 Å². The highest BCUT2D eigenvalue weighted by molar-refractivity contribution is 5.78. The average molecular weight is 314 g/mol. The fourth-order valence-electron chi connectivity index (χ4n) is 3.06. The number of nitrogens with zero attached hydrogens (tertiary/aromatic N) is 1. The molecule has 0 saturated carbocycles. The van der Waals surface area contributed by atoms with Crippen LogP contribution < -0.4 is 5.73 Å². The van der Waals surface area contributed by atoms with E-state index in [1.54, 1.807) is 23.1 Å². The maximum Gasteiger partial charge on any atom is 0.396 e. The monoisotopic (exact) mass is 314 g/mol. The van der Waals surface area contributed by atoms with Crippen LogP contribution in [-0.2, 0) is 4.79 Å². The van der Waals surface area contributed by atoms with Crippen LogP contribution in [0.15, 0.2) is 30.3 Å². The van der Waals surface area contributed by atoms with E-state index in [1.165, 1.54) is 12.1 Å². The Morgan fingerprint density at radius 1 is 1.36 bits per heavy atom. The third-order valence-corrected chi connectivity index (χ3v) is 4.29. The molecule has 22 heavy (non-hydrogen) atoms. The number of hydrogen-bond acceptors (Lipinski definition) is 2. The molecule has 0 aliphatic carbocycles. The summed E-state index contributed by atoms with van der Waals surface area (Å²) < 4.78 is 39.9. The number of alkyl halides is 3. The second kappa shape index (κ2) is 6.69. The molecule has 2 rings (SSSR count). The molecule has 122 valence electrons. The van der Waals surface area contributed by atoms with Crippen molar-refractivity contribution in [3.8, 4) is 0 Å². The number of benzene rings is 1. The summed E-state index contributed by atoms with van der Waals surface area (Å²) in [6.07, 6.45) is -4.23. The molecular formula is C16H21F3N2O. The number of nitrogens with two attached hydrogens (primary N) is 1. The predicted molar refractivity (Wildman–Crippen MR) is 78.2 cm³/mol. The van der Waals surface area contributed by atoms with Gasteiger partial charge in [-0.2, -0.15) is 13.2 Å². The molecule has 0 radical (unpaired) electrons. The second-order valence-corrected chi connectivity index (χ2v) is 5.94. The lowest BCUT2D eigenvalue weighted by molar-refractivity contribution is -0.160. The van der Waals surface area contributed by atoms with Gasteiger partial charge in [-0.15, -0.1) is 0 Å². The molecule has 3 atom stereocenters. The number of halogens is 3. The standard InChI is InChI=1S/C16H21F3N2O/c1-11-7-12(9-20)10-21(11)15(22)8-14(16(17,18)19)13-5-3-2-4-6-13/h2-6,11-12,14H,7-10,20H2,1H3. The van der Waals surface area contributed by atoms with Crippen molar-refractivity contribution in [2.45, 2.75) is 37.9 Å². The van der Waals surface area contributed by atoms with Gasteiger partial charge in [0.25, 0.3) is 0 Å². The van der Waals surface area contributed by atoms with Gasteiger partial charge in [0.05, 0.1) is 5.92 Å². The molecule has 0 spiro atoms. The Morgan fingerprint density at radius 3 is 2.50 bits per heavy atom. The molecule has 1 saturated heterocycles. The minimum absolute atomic E-state index is 0.0503. The van der Waals surface area contributed by atoms with Crippen LogP contribution in [0.1, 0.15) is 31.2 Å². The Labute approximate surface area is 128 Å². The van der Waals surface area contributed by atoms with Crippen molar-refractivity contribution in [1.29, 1.82) is 0 Å². The van der Waals surface area contributed by atoms with Crippen LogP contribution in [0.25, 0.3) is 0 Å². The lowest BCUT2D eigenvalue weighted by atomic mass is 9.94. The summed E-state index contributed by atoms with van der Waals surface area (Å²) in [6.45, 7) is 2.77. The Hall–Kier alpha value is -1.56. The summed E-state index contributed by atoms with van der Waals surface area (Å²) in [7, 11) is 0. The lowest BCUT2D eigenvalue weighted by Crippen LogP contribution is -2.37. The molecule has 6 heteroatoms. The summed E-state index contributed by atoms with van der Waals surface area (Å²) in [5.74, 6) is -2.03. The maximum absolute atomic E-state index is 13.3. The van der Waals surface area contributed by atoms with Crippen LogP contribution in [0, 0.1) is 5.92 Å². The van der Waals surface area contributed by atoms with Gasteiger partial charge >= 0.3 is 6.18 Å². The van der Waals surface area contributed by atoms with E-state index in [0.717, 1.165) is 6.42 Å². The van der Waals surface area contributed by atoms with E-state index in [1.807, 2.05) is 6.92 Å². The quantitative estimate of drug-likeness (QED) is 0.929. The van der Waals surface area contributed by atoms with Crippen LogP contribution in [0.4, 0.5) is 13.2 Å². The summed E-state index contributed by atoms with van der Waals surface area (Å²) >= 11 is 0. The Kier molecular flexibility index (Phi) is 5.11. The summed E-state index contributed by atoms with van der Waals surface area (Å²) in [5, 5.41) is 0. The van der Waals surface area contributed by atoms with Crippen LogP contribution in [0.2, 0.25) is 0 Å². The highest BCUT2D eigenvalue weighted by Gasteiger charge is 2.43. The highest BCUT2D eigenvalue weighted by Crippen LogP contribution is 2.38. The molecule has 1 aliphatic heterocycles. The van der Waals surface area contributed by atoms with Crippen LogP contribution >= 0.6 is 0 Å². The van der Waals surface area contributed by atoms with Crippen LogP contribution in [-0.4, -0.2) is 36.1 Å². The van der Waals surface area contributed by atoms with Crippen molar-refractivity contribution in [3.63, 3.8) is 0 Å². The number of hydrogen-bond donors (Lipinski definition) is 1. The number of likely N-dealkylation sites (tertiary alicyclic amines) is 1. The van der Waals surface area contributed by atoms with E-state index in [-0.39, 0.29) is 17.5 Å². The van der Waals surface area contributed by atoms with Gasteiger partial charge in [0.15, 0.2) is 0 Å². The first kappa shape index (κ1) is 16.8. The molecule has 0 bridgehead atoms. The normalized spacial score (nSPS) is 23.6. The summed E-state index contributed by atoms with van der Waals surface area (Å²) in [4.78, 5) is 13.9. The van der Waals surface area contributed by atoms with Crippen molar-refractivity contribution in [1.82, 2.24) is 4.90 Å². The third-order valence-electron chi connectivity index (χ3n) is 4.29. The lowest BCUT2D eigenvalue weighted by Gasteiger charge is -2.26. The average Bonchev–Trinajstić information content (AvgIpc) is 2.85. The van der Waals surface area contributed by atoms with Crippen molar-refractivity contribution in [3.05, 3.63) is 35.9 Å². The zero-order valence-electron chi connectivity index (χ0n) is 12.5. The smallest absolute Gasteiger partial charge is 0.340 e. The van der Waals surface area contributed by atoms with Crippen LogP contribution in [0.3, 0.4) is 0 Å². The second-order valence-electron chi connectivity index (χ2n) is 5.94. The molecular weight excluding hydrogens is 293 g/mol. The van der Waals surface area contributed by atoms with E-state index in [2.05, 4.69) is 0 Å². The van der Waals surface area contributed by atoms with E-state index in [4.69, 9.17) is 5.73 Å². The molecule has 3 unspecified atom stereocenters. The number of carbonyl (C=O) groups is 1. The fourth-order valence-corrected chi connectivity index (χ4v) is 3.06. The van der Waals surface area contributed by atoms with Gasteiger partial charge in [-0.25, -0.2) is 0 Å². The van der Waals surface area contributed by atoms with Gasteiger partial charge in [0.1, 0.15) is 0 Å². The number of carbonyl (C=O) groups excluding carboxylic acids is 1. The molecule has 1 amide bonds. The van der Waals surface area contributed by atoms with E-state index >= 15 is 0 Å². The minimum atomic E-state index is -4.44. The zero-order valence-corrected chi connectivity index (χ0v) is 12.5. The van der Waals surface area contributed by atoms with Gasteiger partial charge in [-0.05, 0) is 31.4 Å². The zero-order chi connectivity index (χ0) is 16.3. The molecule has 1 heterocycles. The van der Waals surface area contributed by atoms with E-state index in [9.17, 15) is 18.0 Å². The van der Waals surface area contributed by atoms with E-state index in [0.29, 0.717) is 13.1 Å². The van der Waals surface area contributed by atoms with Gasteiger partial charge in [0, 0.05) is 19.0 Å². The Bertz CT molecular complexity index is 504. The third kappa shape index (κ3) is 3.80. The minimum Gasteiger partial charge on any atom is -0.340 e. The van der Waals surface area contributed by atoms with Gasteiger partial charge < -0.3 is 10.6 Å². The SMILES string of the molecule is CC1CC(CN)CN1C(=O)CC(c1ccccc1)C(F)(F)F. The summed E-state index contributed by atoms with van der Waals surface area (Å²) in [6, 6.07) is 7.56. The van der Waals surface area contributed by atoms with Crippen molar-refractivity contribution in [2.24, 2.45) is 11.7 Å². The van der Waals surface area contributed by atoms with Crippen molar-refractivity contribution < 1.29 is 18.0 Å². The summed E-state index contributed by atoms with van der Waals surface area (Å²) in [5.41, 5.74) is 5.73. The highest BCUT2D eigenvalue weighted by atomic mass is 19.4. The first-order valence-corrected chi connectivity index (χ1v) is 7.44. The molecule has 1 aromatic carbocycles. The first-order chi connectivity index (χ1) is 10.3. The Balaban J connectivity index is 2.13. The predicted octanol–water partition coefficient (Wildman–Crippen LogP) is 2.92. The molecule has 0 aromatic heterocycles. The van der Waals surface area contributed by atoms with Crippen molar-refractivity contribution in [2.75, 3.05) is 13.1 Å². The molecule has 1 aromatic rings. The van der Waals surface area contributed by atoms with Gasteiger partial charge in [-0.3, -0.25) is 4.79 Å². The van der Waals surface area contributed by atoms with Crippen LogP contribution in [0.5, 0.6) is 0 Å². The fraction of sp³-hybridized carbons (Fsp3) is 0.562. The van der Waals surface area contributed by atoms with Gasteiger partial charge in [-0.1, -0.05) is 30.3 Å². The molecule has 1 fully saturated rings. The van der Waals surface area contributed by atoms with Gasteiger partial charge in [0.2, 0.25) is 5.91 Å². The molecule has 1 aliphatic rings. The largest absolute Gasteiger partial charge is 0.396 e. The first-order valence-electron chi connectivity index (χ1n) is 7.44. The number of rotatable bonds is 4. The maximum atomic E-state index is 13.3. The topological polar surface area (TPSA) is 46.3 Å². The number of amides is 1. The van der Waals surface area contributed by atoms with Crippen molar-refractivity contribution >= 4 is 5.91 Å². The molecule has 3 nitrogen and oxygen atoms in total. The molecule has 2 N–H and O–H groups in total.